The van der Waals surface area contributed by atoms with E-state index in [-0.39, 0.29) is 6.04 Å². The molecule has 0 atom stereocenters. The van der Waals surface area contributed by atoms with Crippen LogP contribution in [0.2, 0.25) is 0 Å². The molecule has 1 rings (SSSR count). The predicted molar refractivity (Wildman–Crippen MR) is 62.3 cm³/mol. The van der Waals surface area contributed by atoms with Crippen molar-refractivity contribution in [1.82, 2.24) is 9.99 Å². The van der Waals surface area contributed by atoms with Crippen molar-refractivity contribution < 1.29 is 0 Å². The molecule has 0 aliphatic carbocycles. The molecular weight excluding hydrogens is 188 g/mol. The van der Waals surface area contributed by atoms with E-state index in [0.29, 0.717) is 5.70 Å². The molecule has 1 heterocycles. The van der Waals surface area contributed by atoms with E-state index >= 15 is 0 Å². The van der Waals surface area contributed by atoms with Crippen molar-refractivity contribution in [2.45, 2.75) is 26.8 Å². The Bertz CT molecular complexity index is 357. The number of aromatic nitrogens is 1. The third-order valence-corrected chi connectivity index (χ3v) is 2.23. The van der Waals surface area contributed by atoms with E-state index in [9.17, 15) is 0 Å². The van der Waals surface area contributed by atoms with Crippen LogP contribution >= 0.6 is 0 Å². The molecule has 4 N–H and O–H groups in total. The minimum absolute atomic E-state index is 0.223. The Morgan fingerprint density at radius 2 is 2.20 bits per heavy atom. The molecular formula is C11H18N4. The third-order valence-electron chi connectivity index (χ3n) is 2.23. The fourth-order valence-electron chi connectivity index (χ4n) is 1.15. The molecule has 1 aromatic rings. The summed E-state index contributed by atoms with van der Waals surface area (Å²) in [6.07, 6.45) is 5.22. The molecule has 0 spiro atoms. The SMILES string of the molecule is Cc1ccncc1/C(N)=C/N(N)C(C)C. The van der Waals surface area contributed by atoms with Crippen molar-refractivity contribution >= 4 is 5.70 Å². The number of hydrazine groups is 1. The lowest BCUT2D eigenvalue weighted by Crippen LogP contribution is -2.33. The van der Waals surface area contributed by atoms with Gasteiger partial charge in [0.2, 0.25) is 0 Å². The van der Waals surface area contributed by atoms with Crippen LogP contribution in [0.4, 0.5) is 0 Å². The molecule has 15 heavy (non-hydrogen) atoms. The Morgan fingerprint density at radius 1 is 1.53 bits per heavy atom. The van der Waals surface area contributed by atoms with E-state index in [1.165, 1.54) is 0 Å². The van der Waals surface area contributed by atoms with E-state index in [1.807, 2.05) is 26.8 Å². The molecule has 0 aliphatic rings. The Hall–Kier alpha value is -1.55. The van der Waals surface area contributed by atoms with Gasteiger partial charge in [-0.25, -0.2) is 5.84 Å². The lowest BCUT2D eigenvalue weighted by Gasteiger charge is -2.19. The summed E-state index contributed by atoms with van der Waals surface area (Å²) < 4.78 is 0. The van der Waals surface area contributed by atoms with Crippen LogP contribution in [-0.2, 0) is 0 Å². The van der Waals surface area contributed by atoms with E-state index < -0.39 is 0 Å². The Morgan fingerprint density at radius 3 is 2.73 bits per heavy atom. The van der Waals surface area contributed by atoms with Gasteiger partial charge in [0, 0.05) is 30.2 Å². The fourth-order valence-corrected chi connectivity index (χ4v) is 1.15. The number of nitrogens with zero attached hydrogens (tertiary/aromatic N) is 2. The molecule has 4 heteroatoms. The zero-order valence-electron chi connectivity index (χ0n) is 9.44. The summed E-state index contributed by atoms with van der Waals surface area (Å²) in [5.74, 6) is 5.76. The van der Waals surface area contributed by atoms with Gasteiger partial charge < -0.3 is 10.7 Å². The number of nitrogens with two attached hydrogens (primary N) is 2. The maximum absolute atomic E-state index is 5.93. The lowest BCUT2D eigenvalue weighted by molar-refractivity contribution is 0.324. The maximum atomic E-state index is 5.93. The van der Waals surface area contributed by atoms with Gasteiger partial charge in [0.05, 0.1) is 5.70 Å². The zero-order valence-corrected chi connectivity index (χ0v) is 9.44. The Balaban J connectivity index is 2.94. The zero-order chi connectivity index (χ0) is 11.4. The van der Waals surface area contributed by atoms with E-state index in [2.05, 4.69) is 4.98 Å². The minimum Gasteiger partial charge on any atom is -0.397 e. The fraction of sp³-hybridized carbons (Fsp3) is 0.364. The highest BCUT2D eigenvalue weighted by Gasteiger charge is 2.04. The molecule has 4 nitrogen and oxygen atoms in total. The number of hydrogen-bond acceptors (Lipinski definition) is 4. The largest absolute Gasteiger partial charge is 0.397 e. The summed E-state index contributed by atoms with van der Waals surface area (Å²) in [4.78, 5) is 4.04. The maximum Gasteiger partial charge on any atom is 0.0582 e. The molecule has 0 bridgehead atoms. The van der Waals surface area contributed by atoms with E-state index in [0.717, 1.165) is 11.1 Å². The summed E-state index contributed by atoms with van der Waals surface area (Å²) in [6, 6.07) is 2.15. The third kappa shape index (κ3) is 2.95. The molecule has 82 valence electrons. The van der Waals surface area contributed by atoms with Gasteiger partial charge in [0.1, 0.15) is 0 Å². The lowest BCUT2D eigenvalue weighted by atomic mass is 10.1. The molecule has 0 aromatic carbocycles. The number of rotatable bonds is 3. The quantitative estimate of drug-likeness (QED) is 0.576. The van der Waals surface area contributed by atoms with Crippen molar-refractivity contribution in [3.8, 4) is 0 Å². The van der Waals surface area contributed by atoms with Crippen LogP contribution in [-0.4, -0.2) is 16.0 Å². The average molecular weight is 206 g/mol. The van der Waals surface area contributed by atoms with E-state index in [4.69, 9.17) is 11.6 Å². The highest BCUT2D eigenvalue weighted by Crippen LogP contribution is 2.12. The average Bonchev–Trinajstić information content (AvgIpc) is 2.18. The molecule has 0 amide bonds. The minimum atomic E-state index is 0.223. The van der Waals surface area contributed by atoms with Gasteiger partial charge in [-0.2, -0.15) is 0 Å². The van der Waals surface area contributed by atoms with E-state index in [1.54, 1.807) is 23.6 Å². The standard InChI is InChI=1S/C11H18N4/c1-8(2)15(13)7-11(12)10-6-14-5-4-9(10)3/h4-8H,12-13H2,1-3H3/b11-7-. The first-order chi connectivity index (χ1) is 7.02. The molecule has 1 aromatic heterocycles. The van der Waals surface area contributed by atoms with Crippen LogP contribution in [0.25, 0.3) is 5.70 Å². The highest BCUT2D eigenvalue weighted by molar-refractivity contribution is 5.64. The van der Waals surface area contributed by atoms with Crippen LogP contribution in [0.15, 0.2) is 24.7 Å². The van der Waals surface area contributed by atoms with Gasteiger partial charge in [-0.3, -0.25) is 4.98 Å². The predicted octanol–water partition coefficient (Wildman–Crippen LogP) is 1.23. The topological polar surface area (TPSA) is 68.2 Å². The molecule has 0 saturated carbocycles. The van der Waals surface area contributed by atoms with Crippen LogP contribution in [0.5, 0.6) is 0 Å². The van der Waals surface area contributed by atoms with Crippen LogP contribution in [0, 0.1) is 6.92 Å². The van der Waals surface area contributed by atoms with Crippen LogP contribution < -0.4 is 11.6 Å². The van der Waals surface area contributed by atoms with Crippen LogP contribution in [0.1, 0.15) is 25.0 Å². The second kappa shape index (κ2) is 4.79. The molecule has 0 unspecified atom stereocenters. The first kappa shape index (κ1) is 11.5. The van der Waals surface area contributed by atoms with Crippen molar-refractivity contribution in [2.75, 3.05) is 0 Å². The van der Waals surface area contributed by atoms with Crippen LogP contribution in [0.3, 0.4) is 0 Å². The highest BCUT2D eigenvalue weighted by atomic mass is 15.4. The summed E-state index contributed by atoms with van der Waals surface area (Å²) >= 11 is 0. The summed E-state index contributed by atoms with van der Waals surface area (Å²) in [6.45, 7) is 5.99. The normalized spacial score (nSPS) is 11.9. The van der Waals surface area contributed by atoms with Gasteiger partial charge in [0.15, 0.2) is 0 Å². The van der Waals surface area contributed by atoms with Crippen molar-refractivity contribution in [3.63, 3.8) is 0 Å². The van der Waals surface area contributed by atoms with Gasteiger partial charge in [-0.15, -0.1) is 0 Å². The molecule has 0 saturated heterocycles. The Labute approximate surface area is 90.6 Å². The number of hydrogen-bond donors (Lipinski definition) is 2. The molecule has 0 aliphatic heterocycles. The summed E-state index contributed by atoms with van der Waals surface area (Å²) in [5, 5.41) is 1.59. The first-order valence-corrected chi connectivity index (χ1v) is 4.93. The van der Waals surface area contributed by atoms with Crippen molar-refractivity contribution in [1.29, 1.82) is 0 Å². The Kier molecular flexibility index (Phi) is 3.68. The smallest absolute Gasteiger partial charge is 0.0582 e. The monoisotopic (exact) mass is 206 g/mol. The second-order valence-electron chi connectivity index (χ2n) is 3.82. The second-order valence-corrected chi connectivity index (χ2v) is 3.82. The molecule has 0 fully saturated rings. The van der Waals surface area contributed by atoms with Gasteiger partial charge >= 0.3 is 0 Å². The van der Waals surface area contributed by atoms with Gasteiger partial charge in [-0.1, -0.05) is 0 Å². The summed E-state index contributed by atoms with van der Waals surface area (Å²) in [5.41, 5.74) is 8.59. The van der Waals surface area contributed by atoms with Crippen molar-refractivity contribution in [2.24, 2.45) is 11.6 Å². The van der Waals surface area contributed by atoms with Gasteiger partial charge in [-0.05, 0) is 32.4 Å². The first-order valence-electron chi connectivity index (χ1n) is 4.93. The summed E-state index contributed by atoms with van der Waals surface area (Å²) in [7, 11) is 0. The molecule has 0 radical (unpaired) electrons. The number of aryl methyl sites for hydroxylation is 1. The van der Waals surface area contributed by atoms with Gasteiger partial charge in [0.25, 0.3) is 0 Å². The van der Waals surface area contributed by atoms with Crippen molar-refractivity contribution in [3.05, 3.63) is 35.8 Å². The number of pyridine rings is 1.